The zero-order chi connectivity index (χ0) is 12.2. The first kappa shape index (κ1) is 13.7. The molecule has 0 aliphatic carbocycles. The van der Waals surface area contributed by atoms with Gasteiger partial charge in [0.15, 0.2) is 0 Å². The summed E-state index contributed by atoms with van der Waals surface area (Å²) in [6.07, 6.45) is 5.88. The Kier molecular flexibility index (Phi) is 4.97. The number of rotatable bonds is 6. The van der Waals surface area contributed by atoms with E-state index in [-0.39, 0.29) is 5.41 Å². The monoisotopic (exact) mass is 225 g/mol. The maximum Gasteiger partial charge on any atom is 0.127 e. The summed E-state index contributed by atoms with van der Waals surface area (Å²) in [4.78, 5) is 13.8. The van der Waals surface area contributed by atoms with Crippen LogP contribution in [0.25, 0.3) is 0 Å². The van der Waals surface area contributed by atoms with E-state index in [1.165, 1.54) is 25.7 Å². The lowest BCUT2D eigenvalue weighted by Gasteiger charge is -2.34. The Balaban J connectivity index is 2.60. The predicted molar refractivity (Wildman–Crippen MR) is 68.5 cm³/mol. The predicted octanol–water partition coefficient (Wildman–Crippen LogP) is 3.11. The van der Waals surface area contributed by atoms with Crippen molar-refractivity contribution in [1.82, 2.24) is 4.90 Å². The van der Waals surface area contributed by atoms with E-state index in [4.69, 9.17) is 0 Å². The fourth-order valence-electron chi connectivity index (χ4n) is 3.01. The van der Waals surface area contributed by atoms with Gasteiger partial charge in [-0.2, -0.15) is 0 Å². The minimum atomic E-state index is -0.133. The summed E-state index contributed by atoms with van der Waals surface area (Å²) in [5.41, 5.74) is -0.133. The van der Waals surface area contributed by atoms with Crippen LogP contribution in [0.4, 0.5) is 0 Å². The fraction of sp³-hybridized carbons (Fsp3) is 0.929. The SMILES string of the molecule is CCCC(C)(C=O)CN1CCCC1C(C)C. The standard InChI is InChI=1S/C14H27NO/c1-5-8-14(4,11-16)10-15-9-6-7-13(15)12(2)3/h11-13H,5-10H2,1-4H3. The highest BCUT2D eigenvalue weighted by molar-refractivity contribution is 5.59. The minimum Gasteiger partial charge on any atom is -0.303 e. The van der Waals surface area contributed by atoms with Crippen LogP contribution in [0.2, 0.25) is 0 Å². The number of hydrogen-bond donors (Lipinski definition) is 0. The molecule has 2 unspecified atom stereocenters. The molecule has 2 nitrogen and oxygen atoms in total. The third-order valence-corrected chi connectivity index (χ3v) is 3.85. The quantitative estimate of drug-likeness (QED) is 0.647. The van der Waals surface area contributed by atoms with Crippen molar-refractivity contribution in [2.75, 3.05) is 13.1 Å². The molecule has 0 radical (unpaired) electrons. The van der Waals surface area contributed by atoms with Crippen LogP contribution in [0, 0.1) is 11.3 Å². The van der Waals surface area contributed by atoms with Gasteiger partial charge in [-0.1, -0.05) is 34.1 Å². The zero-order valence-electron chi connectivity index (χ0n) is 11.3. The molecular formula is C14H27NO. The molecule has 0 aromatic carbocycles. The lowest BCUT2D eigenvalue weighted by atomic mass is 9.86. The first-order chi connectivity index (χ1) is 7.52. The van der Waals surface area contributed by atoms with Crippen molar-refractivity contribution in [2.24, 2.45) is 11.3 Å². The van der Waals surface area contributed by atoms with Crippen molar-refractivity contribution < 1.29 is 4.79 Å². The Labute approximate surface area is 100 Å². The fourth-order valence-corrected chi connectivity index (χ4v) is 3.01. The van der Waals surface area contributed by atoms with Crippen LogP contribution in [-0.4, -0.2) is 30.3 Å². The van der Waals surface area contributed by atoms with E-state index in [9.17, 15) is 4.79 Å². The number of carbonyl (C=O) groups is 1. The van der Waals surface area contributed by atoms with Gasteiger partial charge >= 0.3 is 0 Å². The van der Waals surface area contributed by atoms with Crippen LogP contribution in [0.3, 0.4) is 0 Å². The van der Waals surface area contributed by atoms with Crippen LogP contribution < -0.4 is 0 Å². The maximum atomic E-state index is 11.3. The van der Waals surface area contributed by atoms with Crippen LogP contribution in [-0.2, 0) is 4.79 Å². The molecule has 0 aromatic heterocycles. The van der Waals surface area contributed by atoms with Crippen LogP contribution in [0.1, 0.15) is 53.4 Å². The van der Waals surface area contributed by atoms with Crippen LogP contribution in [0.15, 0.2) is 0 Å². The molecule has 1 aliphatic rings. The van der Waals surface area contributed by atoms with Crippen molar-refractivity contribution in [2.45, 2.75) is 59.4 Å². The molecule has 0 N–H and O–H groups in total. The molecule has 0 spiro atoms. The van der Waals surface area contributed by atoms with Gasteiger partial charge in [0.25, 0.3) is 0 Å². The molecule has 0 saturated carbocycles. The third-order valence-electron chi connectivity index (χ3n) is 3.85. The molecule has 0 bridgehead atoms. The molecule has 94 valence electrons. The van der Waals surface area contributed by atoms with Gasteiger partial charge < -0.3 is 4.79 Å². The lowest BCUT2D eigenvalue weighted by Crippen LogP contribution is -2.41. The Hall–Kier alpha value is -0.370. The Morgan fingerprint density at radius 1 is 1.50 bits per heavy atom. The second-order valence-electron chi connectivity index (χ2n) is 5.95. The summed E-state index contributed by atoms with van der Waals surface area (Å²) >= 11 is 0. The van der Waals surface area contributed by atoms with E-state index in [0.717, 1.165) is 19.4 Å². The summed E-state index contributed by atoms with van der Waals surface area (Å²) < 4.78 is 0. The number of likely N-dealkylation sites (tertiary alicyclic amines) is 1. The van der Waals surface area contributed by atoms with E-state index < -0.39 is 0 Å². The average Bonchev–Trinajstić information content (AvgIpc) is 2.66. The highest BCUT2D eigenvalue weighted by Gasteiger charge is 2.33. The van der Waals surface area contributed by atoms with E-state index in [1.807, 2.05) is 0 Å². The van der Waals surface area contributed by atoms with E-state index in [1.54, 1.807) is 0 Å². The summed E-state index contributed by atoms with van der Waals surface area (Å²) in [7, 11) is 0. The van der Waals surface area contributed by atoms with Gasteiger partial charge in [0.1, 0.15) is 6.29 Å². The van der Waals surface area contributed by atoms with Crippen molar-refractivity contribution >= 4 is 6.29 Å². The normalized spacial score (nSPS) is 25.9. The first-order valence-electron chi connectivity index (χ1n) is 6.73. The van der Waals surface area contributed by atoms with Gasteiger partial charge in [-0.3, -0.25) is 4.90 Å². The van der Waals surface area contributed by atoms with E-state index in [2.05, 4.69) is 32.6 Å². The molecule has 0 aromatic rings. The molecule has 2 heteroatoms. The number of nitrogens with zero attached hydrogens (tertiary/aromatic N) is 1. The van der Waals surface area contributed by atoms with Crippen molar-refractivity contribution in [1.29, 1.82) is 0 Å². The topological polar surface area (TPSA) is 20.3 Å². The Bertz CT molecular complexity index is 227. The molecule has 1 aliphatic heterocycles. The third kappa shape index (κ3) is 3.31. The molecule has 2 atom stereocenters. The number of hydrogen-bond acceptors (Lipinski definition) is 2. The molecular weight excluding hydrogens is 198 g/mol. The maximum absolute atomic E-state index is 11.3. The average molecular weight is 225 g/mol. The first-order valence-corrected chi connectivity index (χ1v) is 6.73. The van der Waals surface area contributed by atoms with Gasteiger partial charge in [-0.25, -0.2) is 0 Å². The Morgan fingerprint density at radius 3 is 2.69 bits per heavy atom. The molecule has 1 saturated heterocycles. The lowest BCUT2D eigenvalue weighted by molar-refractivity contribution is -0.117. The second-order valence-corrected chi connectivity index (χ2v) is 5.95. The zero-order valence-corrected chi connectivity index (χ0v) is 11.3. The Morgan fingerprint density at radius 2 is 2.19 bits per heavy atom. The van der Waals surface area contributed by atoms with Gasteiger partial charge in [-0.05, 0) is 31.7 Å². The summed E-state index contributed by atoms with van der Waals surface area (Å²) in [6.45, 7) is 11.0. The van der Waals surface area contributed by atoms with E-state index in [0.29, 0.717) is 12.0 Å². The van der Waals surface area contributed by atoms with Gasteiger partial charge in [0.05, 0.1) is 0 Å². The molecule has 1 heterocycles. The van der Waals surface area contributed by atoms with Crippen LogP contribution >= 0.6 is 0 Å². The molecule has 16 heavy (non-hydrogen) atoms. The summed E-state index contributed by atoms with van der Waals surface area (Å²) in [5.74, 6) is 0.708. The van der Waals surface area contributed by atoms with Gasteiger partial charge in [0, 0.05) is 18.0 Å². The highest BCUT2D eigenvalue weighted by Crippen LogP contribution is 2.29. The second kappa shape index (κ2) is 5.81. The highest BCUT2D eigenvalue weighted by atomic mass is 16.1. The van der Waals surface area contributed by atoms with Crippen molar-refractivity contribution in [3.05, 3.63) is 0 Å². The van der Waals surface area contributed by atoms with Crippen molar-refractivity contribution in [3.8, 4) is 0 Å². The van der Waals surface area contributed by atoms with Gasteiger partial charge in [-0.15, -0.1) is 0 Å². The number of aldehydes is 1. The molecule has 0 amide bonds. The summed E-state index contributed by atoms with van der Waals surface area (Å²) in [6, 6.07) is 0.691. The van der Waals surface area contributed by atoms with Crippen molar-refractivity contribution in [3.63, 3.8) is 0 Å². The van der Waals surface area contributed by atoms with Gasteiger partial charge in [0.2, 0.25) is 0 Å². The minimum absolute atomic E-state index is 0.133. The van der Waals surface area contributed by atoms with Crippen LogP contribution in [0.5, 0.6) is 0 Å². The largest absolute Gasteiger partial charge is 0.303 e. The number of carbonyl (C=O) groups excluding carboxylic acids is 1. The molecule has 1 fully saturated rings. The summed E-state index contributed by atoms with van der Waals surface area (Å²) in [5, 5.41) is 0. The smallest absolute Gasteiger partial charge is 0.127 e. The van der Waals surface area contributed by atoms with E-state index >= 15 is 0 Å². The molecule has 1 rings (SSSR count).